The molecule has 156 valence electrons. The first kappa shape index (κ1) is 20.3. The number of rotatable bonds is 7. The summed E-state index contributed by atoms with van der Waals surface area (Å²) in [5, 5.41) is 1.85. The van der Waals surface area contributed by atoms with Gasteiger partial charge in [-0.15, -0.1) is 11.3 Å². The minimum atomic E-state index is -3.99. The Kier molecular flexibility index (Phi) is 5.38. The molecule has 1 amide bonds. The molecule has 1 atom stereocenters. The molecule has 0 N–H and O–H groups in total. The Labute approximate surface area is 174 Å². The average Bonchev–Trinajstić information content (AvgIpc) is 3.23. The van der Waals surface area contributed by atoms with Crippen LogP contribution < -0.4 is 4.31 Å². The summed E-state index contributed by atoms with van der Waals surface area (Å²) >= 11 is 1.13. The van der Waals surface area contributed by atoms with Gasteiger partial charge in [0.1, 0.15) is 6.54 Å². The van der Waals surface area contributed by atoms with E-state index < -0.39 is 32.4 Å². The Morgan fingerprint density at radius 2 is 1.86 bits per heavy atom. The maximum absolute atomic E-state index is 13.2. The molecule has 0 radical (unpaired) electrons. The van der Waals surface area contributed by atoms with Crippen molar-refractivity contribution in [2.24, 2.45) is 0 Å². The van der Waals surface area contributed by atoms with Crippen LogP contribution in [0.15, 0.2) is 46.8 Å². The van der Waals surface area contributed by atoms with E-state index in [-0.39, 0.29) is 33.5 Å². The summed E-state index contributed by atoms with van der Waals surface area (Å²) in [6, 6.07) is 7.50. The number of hydrogen-bond acceptors (Lipinski definition) is 7. The average molecular weight is 456 g/mol. The molecular formula is C18H21N3O5S3. The van der Waals surface area contributed by atoms with Crippen molar-refractivity contribution in [1.82, 2.24) is 9.88 Å². The molecule has 29 heavy (non-hydrogen) atoms. The number of benzene rings is 1. The van der Waals surface area contributed by atoms with E-state index in [2.05, 4.69) is 4.98 Å². The van der Waals surface area contributed by atoms with Crippen LogP contribution in [0.3, 0.4) is 0 Å². The Hall–Kier alpha value is -1.98. The minimum absolute atomic E-state index is 0.0154. The van der Waals surface area contributed by atoms with E-state index in [0.717, 1.165) is 28.5 Å². The summed E-state index contributed by atoms with van der Waals surface area (Å²) in [7, 11) is -7.15. The molecule has 2 aliphatic rings. The van der Waals surface area contributed by atoms with E-state index in [1.54, 1.807) is 28.5 Å². The zero-order valence-electron chi connectivity index (χ0n) is 15.5. The lowest BCUT2D eigenvalue weighted by molar-refractivity contribution is -0.132. The summed E-state index contributed by atoms with van der Waals surface area (Å²) in [4.78, 5) is 19.0. The first-order valence-electron chi connectivity index (χ1n) is 9.27. The number of carbonyl (C=O) groups excluding carboxylic acids is 1. The molecule has 2 heterocycles. The number of aromatic nitrogens is 1. The largest absolute Gasteiger partial charge is 0.334 e. The fourth-order valence-corrected chi connectivity index (χ4v) is 7.54. The summed E-state index contributed by atoms with van der Waals surface area (Å²) in [6.07, 6.45) is 3.50. The molecule has 1 aromatic heterocycles. The smallest absolute Gasteiger partial charge is 0.266 e. The Balaban J connectivity index is 1.63. The van der Waals surface area contributed by atoms with Gasteiger partial charge in [0, 0.05) is 23.7 Å². The van der Waals surface area contributed by atoms with Crippen LogP contribution in [-0.4, -0.2) is 62.8 Å². The van der Waals surface area contributed by atoms with Crippen LogP contribution >= 0.6 is 11.3 Å². The van der Waals surface area contributed by atoms with Gasteiger partial charge in [0.15, 0.2) is 15.0 Å². The Morgan fingerprint density at radius 1 is 1.14 bits per heavy atom. The fourth-order valence-electron chi connectivity index (χ4n) is 3.57. The van der Waals surface area contributed by atoms with Crippen molar-refractivity contribution in [3.05, 3.63) is 41.9 Å². The van der Waals surface area contributed by atoms with Crippen LogP contribution in [-0.2, 0) is 24.7 Å². The Bertz CT molecular complexity index is 1080. The molecule has 11 heteroatoms. The lowest BCUT2D eigenvalue weighted by atomic mass is 10.2. The zero-order chi connectivity index (χ0) is 20.6. The molecular weight excluding hydrogens is 434 g/mol. The molecule has 2 aromatic rings. The van der Waals surface area contributed by atoms with Crippen LogP contribution in [0.2, 0.25) is 0 Å². The lowest BCUT2D eigenvalue weighted by Gasteiger charge is -2.31. The maximum Gasteiger partial charge on any atom is 0.266 e. The molecule has 0 spiro atoms. The van der Waals surface area contributed by atoms with Gasteiger partial charge in [-0.2, -0.15) is 0 Å². The second kappa shape index (κ2) is 7.69. The highest BCUT2D eigenvalue weighted by atomic mass is 32.2. The van der Waals surface area contributed by atoms with Gasteiger partial charge in [-0.05, 0) is 31.4 Å². The third-order valence-electron chi connectivity index (χ3n) is 5.07. The van der Waals surface area contributed by atoms with Gasteiger partial charge in [0.05, 0.1) is 16.4 Å². The number of nitrogens with zero attached hydrogens (tertiary/aromatic N) is 3. The number of sulfonamides is 1. The third kappa shape index (κ3) is 4.31. The highest BCUT2D eigenvalue weighted by Gasteiger charge is 2.43. The monoisotopic (exact) mass is 455 g/mol. The minimum Gasteiger partial charge on any atom is -0.334 e. The van der Waals surface area contributed by atoms with E-state index in [9.17, 15) is 21.6 Å². The van der Waals surface area contributed by atoms with E-state index in [1.165, 1.54) is 18.3 Å². The SMILES string of the molecule is O=C(CN(c1nccs1)S(=O)(=O)c1ccccc1)N(C1CC1)C1CCS(=O)(=O)C1. The molecule has 1 aromatic carbocycles. The lowest BCUT2D eigenvalue weighted by Crippen LogP contribution is -2.48. The molecule has 8 nitrogen and oxygen atoms in total. The molecule has 1 aliphatic carbocycles. The van der Waals surface area contributed by atoms with E-state index in [4.69, 9.17) is 0 Å². The topological polar surface area (TPSA) is 105 Å². The van der Waals surface area contributed by atoms with Crippen molar-refractivity contribution in [2.45, 2.75) is 36.2 Å². The van der Waals surface area contributed by atoms with Crippen LogP contribution in [0.5, 0.6) is 0 Å². The first-order valence-corrected chi connectivity index (χ1v) is 13.4. The molecule has 1 saturated carbocycles. The Morgan fingerprint density at radius 3 is 2.41 bits per heavy atom. The molecule has 0 bridgehead atoms. The zero-order valence-corrected chi connectivity index (χ0v) is 18.0. The van der Waals surface area contributed by atoms with Crippen LogP contribution in [0, 0.1) is 0 Å². The fraction of sp³-hybridized carbons (Fsp3) is 0.444. The molecule has 1 saturated heterocycles. The highest BCUT2D eigenvalue weighted by molar-refractivity contribution is 7.93. The van der Waals surface area contributed by atoms with E-state index in [1.807, 2.05) is 0 Å². The van der Waals surface area contributed by atoms with Gasteiger partial charge in [-0.1, -0.05) is 18.2 Å². The van der Waals surface area contributed by atoms with Crippen LogP contribution in [0.1, 0.15) is 19.3 Å². The van der Waals surface area contributed by atoms with E-state index >= 15 is 0 Å². The maximum atomic E-state index is 13.2. The second-order valence-corrected chi connectivity index (χ2v) is 12.2. The van der Waals surface area contributed by atoms with Crippen molar-refractivity contribution < 1.29 is 21.6 Å². The second-order valence-electron chi connectivity index (χ2n) is 7.23. The predicted molar refractivity (Wildman–Crippen MR) is 110 cm³/mol. The number of carbonyl (C=O) groups is 1. The summed E-state index contributed by atoms with van der Waals surface area (Å²) in [6.45, 7) is -0.405. The first-order chi connectivity index (χ1) is 13.8. The molecule has 1 aliphatic heterocycles. The van der Waals surface area contributed by atoms with Crippen molar-refractivity contribution in [2.75, 3.05) is 22.4 Å². The van der Waals surface area contributed by atoms with Gasteiger partial charge in [-0.3, -0.25) is 4.79 Å². The van der Waals surface area contributed by atoms with E-state index in [0.29, 0.717) is 6.42 Å². The molecule has 2 fully saturated rings. The number of thiazole rings is 1. The number of anilines is 1. The summed E-state index contributed by atoms with van der Waals surface area (Å²) in [5.74, 6) is -0.380. The van der Waals surface area contributed by atoms with Crippen LogP contribution in [0.25, 0.3) is 0 Å². The van der Waals surface area contributed by atoms with Gasteiger partial charge < -0.3 is 4.90 Å². The highest BCUT2D eigenvalue weighted by Crippen LogP contribution is 2.33. The van der Waals surface area contributed by atoms with Gasteiger partial charge >= 0.3 is 0 Å². The quantitative estimate of drug-likeness (QED) is 0.627. The third-order valence-corrected chi connectivity index (χ3v) is 9.48. The van der Waals surface area contributed by atoms with Crippen molar-refractivity contribution in [1.29, 1.82) is 0 Å². The van der Waals surface area contributed by atoms with Crippen LogP contribution in [0.4, 0.5) is 5.13 Å². The van der Waals surface area contributed by atoms with Gasteiger partial charge in [-0.25, -0.2) is 26.1 Å². The number of sulfone groups is 1. The predicted octanol–water partition coefficient (Wildman–Crippen LogP) is 1.52. The standard InChI is InChI=1S/C18H21N3O5S3/c22-17(21(14-6-7-14)15-8-11-28(23,24)13-15)12-20(18-19-9-10-27-18)29(25,26)16-4-2-1-3-5-16/h1-5,9-10,14-15H,6-8,11-13H2. The van der Waals surface area contributed by atoms with Gasteiger partial charge in [0.25, 0.3) is 10.0 Å². The van der Waals surface area contributed by atoms with Crippen molar-refractivity contribution in [3.8, 4) is 0 Å². The number of hydrogen-bond donors (Lipinski definition) is 0. The van der Waals surface area contributed by atoms with Crippen molar-refractivity contribution >= 4 is 42.2 Å². The normalized spacial score (nSPS) is 21.0. The summed E-state index contributed by atoms with van der Waals surface area (Å²) in [5.41, 5.74) is 0. The number of amides is 1. The van der Waals surface area contributed by atoms with Gasteiger partial charge in [0.2, 0.25) is 5.91 Å². The molecule has 4 rings (SSSR count). The summed E-state index contributed by atoms with van der Waals surface area (Å²) < 4.78 is 51.3. The molecule has 1 unspecified atom stereocenters. The van der Waals surface area contributed by atoms with Crippen molar-refractivity contribution in [3.63, 3.8) is 0 Å².